The van der Waals surface area contributed by atoms with E-state index in [2.05, 4.69) is 34.0 Å². The highest BCUT2D eigenvalue weighted by atomic mass is 35.5. The average molecular weight is 429 g/mol. The number of carbonyl (C=O) groups is 1. The molecular formula is C18H20Cl3N5O. The van der Waals surface area contributed by atoms with Crippen molar-refractivity contribution in [2.24, 2.45) is 5.92 Å². The van der Waals surface area contributed by atoms with Gasteiger partial charge in [0.25, 0.3) is 0 Å². The maximum absolute atomic E-state index is 12.9. The van der Waals surface area contributed by atoms with E-state index in [4.69, 9.17) is 34.8 Å². The van der Waals surface area contributed by atoms with Crippen LogP contribution in [0.3, 0.4) is 0 Å². The summed E-state index contributed by atoms with van der Waals surface area (Å²) < 4.78 is 0. The number of carbonyl (C=O) groups excluding carboxylic acids is 1. The minimum absolute atomic E-state index is 0.0126. The highest BCUT2D eigenvalue weighted by Crippen LogP contribution is 2.27. The third-order valence-electron chi connectivity index (χ3n) is 4.56. The molecule has 144 valence electrons. The molecule has 1 aromatic heterocycles. The van der Waals surface area contributed by atoms with Crippen LogP contribution in [-0.4, -0.2) is 46.6 Å². The smallest absolute Gasteiger partial charge is 0.322 e. The fourth-order valence-electron chi connectivity index (χ4n) is 3.12. The third kappa shape index (κ3) is 4.75. The van der Waals surface area contributed by atoms with Gasteiger partial charge in [0.2, 0.25) is 5.28 Å². The summed E-state index contributed by atoms with van der Waals surface area (Å²) in [4.78, 5) is 25.0. The number of amides is 2. The minimum atomic E-state index is -0.182. The second kappa shape index (κ2) is 8.50. The van der Waals surface area contributed by atoms with Crippen molar-refractivity contribution < 1.29 is 4.79 Å². The second-order valence-corrected chi connectivity index (χ2v) is 7.87. The molecule has 1 saturated heterocycles. The molecule has 2 amide bonds. The van der Waals surface area contributed by atoms with E-state index in [1.807, 2.05) is 11.0 Å². The first-order valence-corrected chi connectivity index (χ1v) is 9.74. The van der Waals surface area contributed by atoms with Gasteiger partial charge < -0.3 is 15.1 Å². The maximum atomic E-state index is 12.9. The fourth-order valence-corrected chi connectivity index (χ4v) is 3.72. The van der Waals surface area contributed by atoms with Gasteiger partial charge in [0.15, 0.2) is 0 Å². The van der Waals surface area contributed by atoms with Crippen LogP contribution in [0, 0.1) is 5.92 Å². The largest absolute Gasteiger partial charge is 0.353 e. The standard InChI is InChI=1S/C18H20Cl3N5O/c1-11(2)15-10-25(16-5-6-22-17(21)24-16)7-8-26(15)18(27)23-14-4-3-12(19)9-13(14)20/h3-6,9,11,15H,7-8,10H2,1-2H3,(H,23,27). The van der Waals surface area contributed by atoms with Crippen molar-refractivity contribution in [2.75, 3.05) is 29.9 Å². The normalized spacial score (nSPS) is 17.3. The molecule has 0 radical (unpaired) electrons. The van der Waals surface area contributed by atoms with Crippen molar-refractivity contribution in [3.05, 3.63) is 45.8 Å². The summed E-state index contributed by atoms with van der Waals surface area (Å²) in [6.07, 6.45) is 1.64. The summed E-state index contributed by atoms with van der Waals surface area (Å²) in [5, 5.41) is 4.03. The Balaban J connectivity index is 1.74. The Morgan fingerprint density at radius 3 is 2.67 bits per heavy atom. The zero-order chi connectivity index (χ0) is 19.6. The molecule has 0 bridgehead atoms. The molecule has 1 fully saturated rings. The quantitative estimate of drug-likeness (QED) is 0.712. The van der Waals surface area contributed by atoms with E-state index in [1.54, 1.807) is 24.4 Å². The number of halogens is 3. The summed E-state index contributed by atoms with van der Waals surface area (Å²) in [7, 11) is 0. The molecule has 1 unspecified atom stereocenters. The molecule has 0 aliphatic carbocycles. The number of aromatic nitrogens is 2. The molecule has 0 saturated carbocycles. The molecule has 6 nitrogen and oxygen atoms in total. The maximum Gasteiger partial charge on any atom is 0.322 e. The van der Waals surface area contributed by atoms with Crippen LogP contribution >= 0.6 is 34.8 Å². The van der Waals surface area contributed by atoms with Gasteiger partial charge in [-0.05, 0) is 41.8 Å². The van der Waals surface area contributed by atoms with Crippen molar-refractivity contribution >= 4 is 52.3 Å². The highest BCUT2D eigenvalue weighted by Gasteiger charge is 2.33. The Hall–Kier alpha value is -1.76. The number of anilines is 2. The van der Waals surface area contributed by atoms with E-state index in [-0.39, 0.29) is 23.3 Å². The molecule has 1 aliphatic heterocycles. The first-order chi connectivity index (χ1) is 12.8. The molecule has 1 N–H and O–H groups in total. The number of piperazine rings is 1. The van der Waals surface area contributed by atoms with Gasteiger partial charge in [0.05, 0.1) is 16.8 Å². The molecule has 1 aliphatic rings. The van der Waals surface area contributed by atoms with Gasteiger partial charge in [-0.1, -0.05) is 37.0 Å². The molecule has 2 aromatic rings. The van der Waals surface area contributed by atoms with Gasteiger partial charge in [-0.25, -0.2) is 14.8 Å². The predicted molar refractivity (Wildman–Crippen MR) is 110 cm³/mol. The van der Waals surface area contributed by atoms with Crippen molar-refractivity contribution in [3.8, 4) is 0 Å². The topological polar surface area (TPSA) is 61.4 Å². The number of nitrogens with one attached hydrogen (secondary N) is 1. The summed E-state index contributed by atoms with van der Waals surface area (Å²) >= 11 is 18.0. The summed E-state index contributed by atoms with van der Waals surface area (Å²) in [6, 6.07) is 6.66. The lowest BCUT2D eigenvalue weighted by atomic mass is 10.00. The number of hydrogen-bond acceptors (Lipinski definition) is 4. The number of urea groups is 1. The molecule has 0 spiro atoms. The number of hydrogen-bond donors (Lipinski definition) is 1. The van der Waals surface area contributed by atoms with Crippen molar-refractivity contribution in [1.29, 1.82) is 0 Å². The first kappa shape index (κ1) is 20.0. The van der Waals surface area contributed by atoms with Gasteiger partial charge in [0, 0.05) is 30.9 Å². The Kier molecular flexibility index (Phi) is 6.29. The van der Waals surface area contributed by atoms with Gasteiger partial charge in [-0.3, -0.25) is 0 Å². The molecule has 3 rings (SSSR count). The summed E-state index contributed by atoms with van der Waals surface area (Å²) in [5.74, 6) is 1.03. The lowest BCUT2D eigenvalue weighted by molar-refractivity contribution is 0.156. The lowest BCUT2D eigenvalue weighted by Gasteiger charge is -2.43. The summed E-state index contributed by atoms with van der Waals surface area (Å²) in [5.41, 5.74) is 0.540. The van der Waals surface area contributed by atoms with Crippen LogP contribution in [0.2, 0.25) is 15.3 Å². The molecule has 1 atom stereocenters. The molecule has 9 heteroatoms. The van der Waals surface area contributed by atoms with Crippen LogP contribution in [0.25, 0.3) is 0 Å². The van der Waals surface area contributed by atoms with Gasteiger partial charge in [-0.15, -0.1) is 0 Å². The lowest BCUT2D eigenvalue weighted by Crippen LogP contribution is -2.58. The van der Waals surface area contributed by atoms with Gasteiger partial charge in [0.1, 0.15) is 5.82 Å². The van der Waals surface area contributed by atoms with Crippen molar-refractivity contribution in [3.63, 3.8) is 0 Å². The average Bonchev–Trinajstić information content (AvgIpc) is 2.63. The van der Waals surface area contributed by atoms with Crippen LogP contribution in [-0.2, 0) is 0 Å². The van der Waals surface area contributed by atoms with Crippen molar-refractivity contribution in [2.45, 2.75) is 19.9 Å². The monoisotopic (exact) mass is 427 g/mol. The van der Waals surface area contributed by atoms with Crippen molar-refractivity contribution in [1.82, 2.24) is 14.9 Å². The minimum Gasteiger partial charge on any atom is -0.353 e. The van der Waals surface area contributed by atoms with Gasteiger partial charge in [-0.2, -0.15) is 0 Å². The molecular weight excluding hydrogens is 409 g/mol. The van der Waals surface area contributed by atoms with E-state index in [1.165, 1.54) is 0 Å². The zero-order valence-electron chi connectivity index (χ0n) is 15.0. The van der Waals surface area contributed by atoms with Gasteiger partial charge >= 0.3 is 6.03 Å². The van der Waals surface area contributed by atoms with E-state index in [0.29, 0.717) is 35.4 Å². The second-order valence-electron chi connectivity index (χ2n) is 6.69. The first-order valence-electron chi connectivity index (χ1n) is 8.61. The Morgan fingerprint density at radius 1 is 1.22 bits per heavy atom. The van der Waals surface area contributed by atoms with Crippen LogP contribution in [0.5, 0.6) is 0 Å². The Morgan fingerprint density at radius 2 is 2.00 bits per heavy atom. The summed E-state index contributed by atoms with van der Waals surface area (Å²) in [6.45, 7) is 6.06. The Bertz CT molecular complexity index is 832. The molecule has 2 heterocycles. The van der Waals surface area contributed by atoms with Crippen LogP contribution in [0.15, 0.2) is 30.5 Å². The Labute approximate surface area is 173 Å². The molecule has 27 heavy (non-hydrogen) atoms. The van der Waals surface area contributed by atoms with Crippen LogP contribution in [0.4, 0.5) is 16.3 Å². The zero-order valence-corrected chi connectivity index (χ0v) is 17.3. The predicted octanol–water partition coefficient (Wildman–Crippen LogP) is 4.82. The van der Waals surface area contributed by atoms with Crippen LogP contribution in [0.1, 0.15) is 13.8 Å². The molecule has 1 aromatic carbocycles. The van der Waals surface area contributed by atoms with E-state index < -0.39 is 0 Å². The SMILES string of the molecule is CC(C)C1CN(c2ccnc(Cl)n2)CCN1C(=O)Nc1ccc(Cl)cc1Cl. The number of rotatable bonds is 3. The fraction of sp³-hybridized carbons (Fsp3) is 0.389. The number of nitrogens with zero attached hydrogens (tertiary/aromatic N) is 4. The van der Waals surface area contributed by atoms with E-state index >= 15 is 0 Å². The highest BCUT2D eigenvalue weighted by molar-refractivity contribution is 6.36. The third-order valence-corrected chi connectivity index (χ3v) is 5.29. The van der Waals surface area contributed by atoms with E-state index in [9.17, 15) is 4.79 Å². The van der Waals surface area contributed by atoms with Crippen LogP contribution < -0.4 is 10.2 Å². The van der Waals surface area contributed by atoms with E-state index in [0.717, 1.165) is 5.82 Å². The number of benzene rings is 1.